The molecule has 0 spiro atoms. The number of primary amides is 1. The average molecular weight is 913 g/mol. The van der Waals surface area contributed by atoms with Gasteiger partial charge in [0.25, 0.3) is 0 Å². The molecule has 1 aromatic heterocycles. The van der Waals surface area contributed by atoms with E-state index in [4.69, 9.17) is 11.5 Å². The normalized spacial score (nSPS) is 25.6. The van der Waals surface area contributed by atoms with Crippen LogP contribution in [-0.4, -0.2) is 152 Å². The lowest BCUT2D eigenvalue weighted by atomic mass is 9.97. The first-order valence-electron chi connectivity index (χ1n) is 21.6. The third-order valence-corrected chi connectivity index (χ3v) is 13.5. The highest BCUT2D eigenvalue weighted by Crippen LogP contribution is 2.32. The van der Waals surface area contributed by atoms with Crippen molar-refractivity contribution in [3.8, 4) is 0 Å². The van der Waals surface area contributed by atoms with Crippen molar-refractivity contribution in [2.75, 3.05) is 25.4 Å². The highest BCUT2D eigenvalue weighted by Gasteiger charge is 2.44. The number of carboxylic acid groups (broad SMARTS) is 1. The number of amides is 8. The minimum absolute atomic E-state index is 0.130. The SMILES string of the molecule is CC[C@H](C)[C@H](N)C(=O)N[C@H]1Cc2c([nH]c3ccccc23)SC[C@@H](C(=O)N[C@@H](CC(N)=O)C(=O)N2C[C@H](O)C[C@H]2C(=O)O)NC(=O)[C@H]2CCCN2C(=O)[C@H]([C@@H](C)CC)NC(=O)CNC1=O. The molecule has 2 aromatic rings. The maximum Gasteiger partial charge on any atom is 0.326 e. The summed E-state index contributed by atoms with van der Waals surface area (Å²) >= 11 is 1.06. The summed E-state index contributed by atoms with van der Waals surface area (Å²) in [6.07, 6.45) is -0.668. The number of aromatic nitrogens is 1. The second kappa shape index (κ2) is 21.8. The van der Waals surface area contributed by atoms with Crippen molar-refractivity contribution in [3.05, 3.63) is 29.8 Å². The molecule has 0 saturated carbocycles. The van der Waals surface area contributed by atoms with Crippen LogP contribution in [0.5, 0.6) is 0 Å². The number of H-pyrrole nitrogens is 1. The number of thioether (sulfide) groups is 1. The monoisotopic (exact) mass is 912 g/mol. The molecule has 22 heteroatoms. The molecule has 4 heterocycles. The lowest BCUT2D eigenvalue weighted by molar-refractivity contribution is -0.149. The summed E-state index contributed by atoms with van der Waals surface area (Å²) < 4.78 is 0. The van der Waals surface area contributed by atoms with Gasteiger partial charge < -0.3 is 63.0 Å². The van der Waals surface area contributed by atoms with Gasteiger partial charge in [-0.2, -0.15) is 0 Å². The second-order valence-electron chi connectivity index (χ2n) is 16.8. The fourth-order valence-corrected chi connectivity index (χ4v) is 9.28. The van der Waals surface area contributed by atoms with E-state index in [0.29, 0.717) is 40.8 Å². The molecule has 1 aromatic carbocycles. The minimum atomic E-state index is -1.69. The first kappa shape index (κ1) is 49.3. The molecule has 2 saturated heterocycles. The maximum atomic E-state index is 14.4. The van der Waals surface area contributed by atoms with Gasteiger partial charge in [0.1, 0.15) is 36.3 Å². The highest BCUT2D eigenvalue weighted by molar-refractivity contribution is 7.99. The number of para-hydroxylation sites is 1. The van der Waals surface area contributed by atoms with Crippen LogP contribution in [0.1, 0.15) is 71.8 Å². The number of carbonyl (C=O) groups is 9. The zero-order chi connectivity index (χ0) is 47.0. The summed E-state index contributed by atoms with van der Waals surface area (Å²) in [7, 11) is 0. The molecule has 0 radical (unpaired) electrons. The Labute approximate surface area is 374 Å². The standard InChI is InChI=1S/C42H60N10O11S/c1-5-20(3)33(44)38(59)46-26-15-24-23-10-7-8-11-25(23)49-39(24)64-19-28(36(57)47-27(16-31(43)54)40(60)52-18-22(53)14-30(52)42(62)63)48-37(58)29-12-9-13-51(29)41(61)34(21(4)6-2)50-32(55)17-45-35(26)56/h7-8,10-11,20-22,26-30,33-34,49,53H,5-6,9,12-19,44H2,1-4H3,(H2,43,54)(H,45,56)(H,46,59)(H,47,57)(H,48,58)(H,50,55)(H,62,63)/t20-,21-,22+,26-,27-,28-,29+,30-,33-,34-/m0/s1. The predicted molar refractivity (Wildman–Crippen MR) is 233 cm³/mol. The van der Waals surface area contributed by atoms with Crippen LogP contribution in [-0.2, 0) is 49.6 Å². The first-order chi connectivity index (χ1) is 30.3. The van der Waals surface area contributed by atoms with E-state index in [1.165, 1.54) is 4.90 Å². The number of aliphatic carboxylic acids is 1. The number of carboxylic acids is 1. The number of hydrogen-bond acceptors (Lipinski definition) is 12. The third kappa shape index (κ3) is 11.7. The predicted octanol–water partition coefficient (Wildman–Crippen LogP) is -1.80. The molecule has 2 fully saturated rings. The number of likely N-dealkylation sites (tertiary alicyclic amines) is 1. The van der Waals surface area contributed by atoms with Gasteiger partial charge in [0.2, 0.25) is 47.3 Å². The third-order valence-electron chi connectivity index (χ3n) is 12.3. The number of benzene rings is 1. The van der Waals surface area contributed by atoms with Gasteiger partial charge in [-0.05, 0) is 36.3 Å². The van der Waals surface area contributed by atoms with Gasteiger partial charge in [-0.1, -0.05) is 58.7 Å². The highest BCUT2D eigenvalue weighted by atomic mass is 32.2. The van der Waals surface area contributed by atoms with Gasteiger partial charge in [0.05, 0.1) is 30.1 Å². The summed E-state index contributed by atoms with van der Waals surface area (Å²) in [5.41, 5.74) is 12.9. The van der Waals surface area contributed by atoms with Crippen molar-refractivity contribution >= 4 is 75.9 Å². The molecule has 0 unspecified atom stereocenters. The Balaban J connectivity index is 1.57. The molecule has 64 heavy (non-hydrogen) atoms. The van der Waals surface area contributed by atoms with Crippen molar-refractivity contribution in [2.45, 2.75) is 126 Å². The van der Waals surface area contributed by atoms with E-state index in [-0.39, 0.29) is 44.0 Å². The average Bonchev–Trinajstić information content (AvgIpc) is 4.01. The Morgan fingerprint density at radius 3 is 2.41 bits per heavy atom. The second-order valence-corrected chi connectivity index (χ2v) is 17.9. The Kier molecular flexibility index (Phi) is 16.8. The quantitative estimate of drug-likeness (QED) is 0.113. The summed E-state index contributed by atoms with van der Waals surface area (Å²) in [5.74, 6) is -8.50. The number of nitrogens with two attached hydrogens (primary N) is 2. The summed E-state index contributed by atoms with van der Waals surface area (Å²) in [6.45, 7) is 6.49. The van der Waals surface area contributed by atoms with Crippen molar-refractivity contribution < 1.29 is 53.4 Å². The number of nitrogens with zero attached hydrogens (tertiary/aromatic N) is 2. The van der Waals surface area contributed by atoms with Gasteiger partial charge in [-0.25, -0.2) is 4.79 Å². The molecule has 350 valence electrons. The molecular formula is C42H60N10O11S. The molecule has 12 N–H and O–H groups in total. The number of hydrogen-bond donors (Lipinski definition) is 10. The smallest absolute Gasteiger partial charge is 0.326 e. The Morgan fingerprint density at radius 2 is 1.73 bits per heavy atom. The fourth-order valence-electron chi connectivity index (χ4n) is 8.16. The lowest BCUT2D eigenvalue weighted by Crippen LogP contribution is -2.60. The van der Waals surface area contributed by atoms with E-state index < -0.39 is 121 Å². The van der Waals surface area contributed by atoms with Crippen LogP contribution in [0.4, 0.5) is 0 Å². The van der Waals surface area contributed by atoms with E-state index in [1.54, 1.807) is 38.1 Å². The van der Waals surface area contributed by atoms with Crippen molar-refractivity contribution in [2.24, 2.45) is 23.3 Å². The number of β-amino-alcohol motifs (C(OH)–C–C–N with tert-alkyl or cyclic N) is 1. The van der Waals surface area contributed by atoms with Gasteiger partial charge in [0.15, 0.2) is 0 Å². The van der Waals surface area contributed by atoms with Gasteiger partial charge >= 0.3 is 5.97 Å². The first-order valence-corrected chi connectivity index (χ1v) is 22.6. The van der Waals surface area contributed by atoms with Crippen LogP contribution in [0.2, 0.25) is 0 Å². The maximum absolute atomic E-state index is 14.4. The fraction of sp³-hybridized carbons (Fsp3) is 0.595. The molecule has 5 rings (SSSR count). The number of fused-ring (bicyclic) bond motifs is 4. The Morgan fingerprint density at radius 1 is 1.02 bits per heavy atom. The van der Waals surface area contributed by atoms with Gasteiger partial charge in [-0.15, -0.1) is 11.8 Å². The van der Waals surface area contributed by atoms with Crippen LogP contribution in [0, 0.1) is 11.8 Å². The Hall–Kier alpha value is -5.74. The molecule has 8 amide bonds. The largest absolute Gasteiger partial charge is 0.480 e. The molecule has 3 aliphatic rings. The van der Waals surface area contributed by atoms with Crippen LogP contribution in [0.3, 0.4) is 0 Å². The van der Waals surface area contributed by atoms with Crippen LogP contribution < -0.4 is 38.1 Å². The molecule has 0 aliphatic carbocycles. The number of nitrogens with one attached hydrogen (secondary N) is 6. The molecular weight excluding hydrogens is 853 g/mol. The van der Waals surface area contributed by atoms with Crippen molar-refractivity contribution in [3.63, 3.8) is 0 Å². The number of aromatic amines is 1. The topological polar surface area (TPSA) is 329 Å². The van der Waals surface area contributed by atoms with E-state index in [9.17, 15) is 53.4 Å². The van der Waals surface area contributed by atoms with E-state index in [0.717, 1.165) is 16.7 Å². The number of rotatable bonds is 12. The molecule has 21 nitrogen and oxygen atoms in total. The summed E-state index contributed by atoms with van der Waals surface area (Å²) in [5, 5.41) is 34.4. The zero-order valence-corrected chi connectivity index (χ0v) is 37.2. The lowest BCUT2D eigenvalue weighted by Gasteiger charge is -2.32. The summed E-state index contributed by atoms with van der Waals surface area (Å²) in [4.78, 5) is 128. The number of aliphatic hydroxyl groups is 1. The minimum Gasteiger partial charge on any atom is -0.480 e. The molecule has 0 bridgehead atoms. The number of aliphatic hydroxyl groups excluding tert-OH is 1. The van der Waals surface area contributed by atoms with E-state index in [2.05, 4.69) is 31.6 Å². The van der Waals surface area contributed by atoms with E-state index >= 15 is 0 Å². The number of carbonyl (C=O) groups excluding carboxylic acids is 8. The van der Waals surface area contributed by atoms with Crippen LogP contribution in [0.25, 0.3) is 10.9 Å². The van der Waals surface area contributed by atoms with Crippen LogP contribution in [0.15, 0.2) is 29.3 Å². The summed E-state index contributed by atoms with van der Waals surface area (Å²) in [6, 6.07) is -1.92. The van der Waals surface area contributed by atoms with Gasteiger partial charge in [-0.3, -0.25) is 38.4 Å². The molecule has 10 atom stereocenters. The molecule has 3 aliphatic heterocycles. The zero-order valence-electron chi connectivity index (χ0n) is 36.4. The Bertz CT molecular complexity index is 2120. The van der Waals surface area contributed by atoms with Crippen molar-refractivity contribution in [1.82, 2.24) is 41.4 Å². The van der Waals surface area contributed by atoms with E-state index in [1.807, 2.05) is 13.8 Å². The van der Waals surface area contributed by atoms with Gasteiger partial charge in [0, 0.05) is 42.6 Å². The van der Waals surface area contributed by atoms with Crippen LogP contribution >= 0.6 is 11.8 Å². The van der Waals surface area contributed by atoms with Crippen molar-refractivity contribution in [1.29, 1.82) is 0 Å².